The molecule has 1 aromatic heterocycles. The molecule has 0 saturated heterocycles. The lowest BCUT2D eigenvalue weighted by Gasteiger charge is -2.14. The van der Waals surface area contributed by atoms with Crippen molar-refractivity contribution in [2.24, 2.45) is 0 Å². The number of aromatic nitrogens is 1. The van der Waals surface area contributed by atoms with Crippen LogP contribution >= 0.6 is 31.9 Å². The second-order valence-electron chi connectivity index (χ2n) is 4.80. The standard InChI is InChI=1S/C9H12O3S.C5H5Br2N2/c1-6-4-7(2)9(8(3)5-6)13(10,11)12;6-4-1-5(7)3-9(8)2-4/h4-5H,1-3H3,(H,10,11,12);1-3H,8H2/q;+1/p-1. The first-order valence-corrected chi connectivity index (χ1v) is 9.16. The zero-order valence-electron chi connectivity index (χ0n) is 12.3. The van der Waals surface area contributed by atoms with E-state index in [1.54, 1.807) is 38.4 Å². The Morgan fingerprint density at radius 2 is 1.41 bits per heavy atom. The van der Waals surface area contributed by atoms with Gasteiger partial charge in [0.15, 0.2) is 0 Å². The maximum atomic E-state index is 10.8. The van der Waals surface area contributed by atoms with Gasteiger partial charge in [0.1, 0.15) is 10.1 Å². The molecule has 2 N–H and O–H groups in total. The van der Waals surface area contributed by atoms with E-state index in [2.05, 4.69) is 31.9 Å². The van der Waals surface area contributed by atoms with Crippen LogP contribution in [-0.4, -0.2) is 13.0 Å². The van der Waals surface area contributed by atoms with Gasteiger partial charge in [-0.3, -0.25) is 0 Å². The summed E-state index contributed by atoms with van der Waals surface area (Å²) in [6.45, 7) is 5.12. The van der Waals surface area contributed by atoms with Crippen LogP contribution in [-0.2, 0) is 10.1 Å². The van der Waals surface area contributed by atoms with Crippen molar-refractivity contribution in [3.05, 3.63) is 56.2 Å². The molecule has 5 nitrogen and oxygen atoms in total. The van der Waals surface area contributed by atoms with Crippen LogP contribution in [0.3, 0.4) is 0 Å². The lowest BCUT2D eigenvalue weighted by atomic mass is 10.1. The number of benzene rings is 1. The molecule has 0 amide bonds. The summed E-state index contributed by atoms with van der Waals surface area (Å²) in [5.74, 6) is 5.42. The van der Waals surface area contributed by atoms with E-state index in [1.807, 2.05) is 13.0 Å². The Balaban J connectivity index is 0.000000235. The molecule has 8 heteroatoms. The minimum absolute atomic E-state index is 0.0851. The summed E-state index contributed by atoms with van der Waals surface area (Å²) in [7, 11) is -4.33. The Morgan fingerprint density at radius 1 is 1.00 bits per heavy atom. The van der Waals surface area contributed by atoms with Gasteiger partial charge in [0, 0.05) is 0 Å². The number of nitrogens with two attached hydrogens (primary N) is 1. The molecule has 0 aliphatic heterocycles. The van der Waals surface area contributed by atoms with Crippen LogP contribution < -0.4 is 10.5 Å². The Hall–Kier alpha value is -0.960. The predicted molar refractivity (Wildman–Crippen MR) is 90.8 cm³/mol. The SMILES string of the molecule is Cc1cc(C)c(S(=O)(=O)[O-])c(C)c1.N[n+]1cc(Br)cc(Br)c1. The van der Waals surface area contributed by atoms with Gasteiger partial charge in [-0.05, 0) is 69.8 Å². The Morgan fingerprint density at radius 3 is 1.73 bits per heavy atom. The number of nitrogens with zero attached hydrogens (tertiary/aromatic N) is 1. The van der Waals surface area contributed by atoms with Crippen LogP contribution in [0.25, 0.3) is 0 Å². The van der Waals surface area contributed by atoms with Crippen LogP contribution in [0.1, 0.15) is 16.7 Å². The number of nitrogen functional groups attached to an aromatic ring is 1. The number of hydrogen-bond donors (Lipinski definition) is 1. The second kappa shape index (κ2) is 7.54. The summed E-state index contributed by atoms with van der Waals surface area (Å²) in [6.07, 6.45) is 3.54. The number of pyridine rings is 1. The molecule has 2 rings (SSSR count). The van der Waals surface area contributed by atoms with Gasteiger partial charge in [-0.25, -0.2) is 14.3 Å². The van der Waals surface area contributed by atoms with E-state index in [-0.39, 0.29) is 4.90 Å². The van der Waals surface area contributed by atoms with Crippen molar-refractivity contribution in [1.82, 2.24) is 0 Å². The molecule has 0 fully saturated rings. The van der Waals surface area contributed by atoms with Gasteiger partial charge in [0.25, 0.3) is 0 Å². The van der Waals surface area contributed by atoms with E-state index in [0.29, 0.717) is 11.1 Å². The van der Waals surface area contributed by atoms with Crippen molar-refractivity contribution in [1.29, 1.82) is 0 Å². The summed E-state index contributed by atoms with van der Waals surface area (Å²) in [6, 6.07) is 5.30. The van der Waals surface area contributed by atoms with Gasteiger partial charge < -0.3 is 4.55 Å². The average molecular weight is 452 g/mol. The number of hydrogen-bond acceptors (Lipinski definition) is 4. The minimum Gasteiger partial charge on any atom is -0.744 e. The summed E-state index contributed by atoms with van der Waals surface area (Å²) in [5, 5.41) is 0. The van der Waals surface area contributed by atoms with E-state index in [4.69, 9.17) is 5.84 Å². The predicted octanol–water partition coefficient (Wildman–Crippen LogP) is 2.73. The van der Waals surface area contributed by atoms with E-state index in [9.17, 15) is 13.0 Å². The Bertz CT molecular complexity index is 719. The molecule has 22 heavy (non-hydrogen) atoms. The third-order valence-corrected chi connectivity index (χ3v) is 4.69. The first-order valence-electron chi connectivity index (χ1n) is 6.17. The monoisotopic (exact) mass is 450 g/mol. The highest BCUT2D eigenvalue weighted by Gasteiger charge is 2.09. The molecule has 0 aliphatic carbocycles. The van der Waals surface area contributed by atoms with Gasteiger partial charge in [-0.2, -0.15) is 0 Å². The smallest absolute Gasteiger partial charge is 0.213 e. The maximum absolute atomic E-state index is 10.8. The Kier molecular flexibility index (Phi) is 6.54. The summed E-state index contributed by atoms with van der Waals surface area (Å²) in [4.78, 5) is -0.0851. The van der Waals surface area contributed by atoms with Crippen LogP contribution in [0, 0.1) is 20.8 Å². The molecule has 0 bridgehead atoms. The van der Waals surface area contributed by atoms with Gasteiger partial charge in [0.05, 0.1) is 13.8 Å². The Labute approximate surface area is 147 Å². The molecule has 0 aliphatic rings. The van der Waals surface area contributed by atoms with Crippen molar-refractivity contribution in [2.75, 3.05) is 5.84 Å². The molecule has 0 atom stereocenters. The second-order valence-corrected chi connectivity index (χ2v) is 7.95. The highest BCUT2D eigenvalue weighted by molar-refractivity contribution is 9.11. The van der Waals surface area contributed by atoms with E-state index in [1.165, 1.54) is 4.68 Å². The highest BCUT2D eigenvalue weighted by Crippen LogP contribution is 2.20. The average Bonchev–Trinajstić information content (AvgIpc) is 2.23. The molecule has 0 saturated carbocycles. The molecule has 0 radical (unpaired) electrons. The van der Waals surface area contributed by atoms with E-state index < -0.39 is 10.1 Å². The van der Waals surface area contributed by atoms with Gasteiger partial charge in [-0.1, -0.05) is 22.4 Å². The van der Waals surface area contributed by atoms with Crippen molar-refractivity contribution in [3.63, 3.8) is 0 Å². The topological polar surface area (TPSA) is 87.1 Å². The van der Waals surface area contributed by atoms with E-state index >= 15 is 0 Å². The quantitative estimate of drug-likeness (QED) is 0.410. The third kappa shape index (κ3) is 5.68. The molecule has 120 valence electrons. The maximum Gasteiger partial charge on any atom is 0.213 e. The van der Waals surface area contributed by atoms with E-state index in [0.717, 1.165) is 14.5 Å². The molecule has 0 spiro atoms. The molecular weight excluding hydrogens is 436 g/mol. The fourth-order valence-electron chi connectivity index (χ4n) is 2.09. The first-order chi connectivity index (χ1) is 10.0. The van der Waals surface area contributed by atoms with Crippen molar-refractivity contribution < 1.29 is 17.6 Å². The van der Waals surface area contributed by atoms with Crippen molar-refractivity contribution in [3.8, 4) is 0 Å². The van der Waals surface area contributed by atoms with Crippen molar-refractivity contribution >= 4 is 42.0 Å². The molecule has 0 unspecified atom stereocenters. The van der Waals surface area contributed by atoms with Gasteiger partial charge in [-0.15, -0.1) is 0 Å². The molecule has 1 heterocycles. The van der Waals surface area contributed by atoms with Crippen LogP contribution in [0.5, 0.6) is 0 Å². The number of halogens is 2. The third-order valence-electron chi connectivity index (χ3n) is 2.68. The largest absolute Gasteiger partial charge is 0.744 e. The number of aryl methyl sites for hydroxylation is 3. The van der Waals surface area contributed by atoms with Crippen LogP contribution in [0.15, 0.2) is 44.4 Å². The highest BCUT2D eigenvalue weighted by atomic mass is 79.9. The zero-order chi connectivity index (χ0) is 17.1. The zero-order valence-corrected chi connectivity index (χ0v) is 16.3. The fourth-order valence-corrected chi connectivity index (χ4v) is 4.27. The summed E-state index contributed by atoms with van der Waals surface area (Å²) in [5.41, 5.74) is 2.00. The lowest BCUT2D eigenvalue weighted by Crippen LogP contribution is -2.43. The fraction of sp³-hybridized carbons (Fsp3) is 0.214. The molecule has 2 aromatic rings. The minimum atomic E-state index is -4.33. The first kappa shape index (κ1) is 19.1. The molecular formula is C14H16Br2N2O3S. The summed E-state index contributed by atoms with van der Waals surface area (Å²) < 4.78 is 35.9. The molecule has 1 aromatic carbocycles. The van der Waals surface area contributed by atoms with Crippen molar-refractivity contribution in [2.45, 2.75) is 25.7 Å². The lowest BCUT2D eigenvalue weighted by molar-refractivity contribution is -0.640. The van der Waals surface area contributed by atoms with Gasteiger partial charge >= 0.3 is 0 Å². The summed E-state index contributed by atoms with van der Waals surface area (Å²) >= 11 is 6.56. The van der Waals surface area contributed by atoms with Crippen LogP contribution in [0.2, 0.25) is 0 Å². The van der Waals surface area contributed by atoms with Crippen LogP contribution in [0.4, 0.5) is 0 Å². The number of rotatable bonds is 1. The van der Waals surface area contributed by atoms with Gasteiger partial charge in [0.2, 0.25) is 12.4 Å². The normalized spacial score (nSPS) is 10.8.